The van der Waals surface area contributed by atoms with Gasteiger partial charge in [-0.1, -0.05) is 23.7 Å². The lowest BCUT2D eigenvalue weighted by molar-refractivity contribution is -0.118. The molecular weight excluding hydrogens is 316 g/mol. The van der Waals surface area contributed by atoms with E-state index in [1.54, 1.807) is 42.5 Å². The molecule has 23 heavy (non-hydrogen) atoms. The van der Waals surface area contributed by atoms with Crippen molar-refractivity contribution in [3.05, 3.63) is 64.0 Å². The third kappa shape index (κ3) is 3.27. The Bertz CT molecular complexity index is 926. The molecular formula is C18H13ClO4. The van der Waals surface area contributed by atoms with Crippen LogP contribution >= 0.6 is 11.6 Å². The summed E-state index contributed by atoms with van der Waals surface area (Å²) in [7, 11) is 0. The number of halogens is 1. The van der Waals surface area contributed by atoms with Crippen molar-refractivity contribution >= 4 is 28.4 Å². The van der Waals surface area contributed by atoms with Crippen LogP contribution in [0.5, 0.6) is 5.75 Å². The molecule has 0 atom stereocenters. The molecule has 1 heterocycles. The quantitative estimate of drug-likeness (QED) is 0.724. The number of carbonyl (C=O) groups excluding carboxylic acids is 1. The predicted molar refractivity (Wildman–Crippen MR) is 89.1 cm³/mol. The first-order valence-electron chi connectivity index (χ1n) is 6.98. The van der Waals surface area contributed by atoms with Gasteiger partial charge in [-0.2, -0.15) is 0 Å². The maximum absolute atomic E-state index is 12.6. The fourth-order valence-corrected chi connectivity index (χ4v) is 2.34. The highest BCUT2D eigenvalue weighted by Gasteiger charge is 2.10. The minimum atomic E-state index is -0.133. The van der Waals surface area contributed by atoms with E-state index in [0.29, 0.717) is 27.3 Å². The summed E-state index contributed by atoms with van der Waals surface area (Å²) >= 11 is 5.86. The van der Waals surface area contributed by atoms with Gasteiger partial charge in [0.05, 0.1) is 10.9 Å². The fourth-order valence-electron chi connectivity index (χ4n) is 2.21. The number of rotatable bonds is 4. The van der Waals surface area contributed by atoms with E-state index >= 15 is 0 Å². The Kier molecular flexibility index (Phi) is 4.17. The molecule has 0 aliphatic rings. The molecule has 2 aromatic carbocycles. The minimum Gasteiger partial charge on any atom is -0.486 e. The summed E-state index contributed by atoms with van der Waals surface area (Å²) in [6, 6.07) is 11.9. The van der Waals surface area contributed by atoms with Crippen LogP contribution in [-0.4, -0.2) is 12.4 Å². The summed E-state index contributed by atoms with van der Waals surface area (Å²) < 4.78 is 10.9. The fraction of sp³-hybridized carbons (Fsp3) is 0.111. The molecule has 0 fully saturated rings. The monoisotopic (exact) mass is 328 g/mol. The van der Waals surface area contributed by atoms with Gasteiger partial charge in [-0.3, -0.25) is 9.59 Å². The van der Waals surface area contributed by atoms with Crippen molar-refractivity contribution in [1.82, 2.24) is 0 Å². The van der Waals surface area contributed by atoms with Gasteiger partial charge in [0.1, 0.15) is 24.2 Å². The van der Waals surface area contributed by atoms with Crippen molar-refractivity contribution in [1.29, 1.82) is 0 Å². The topological polar surface area (TPSA) is 56.5 Å². The van der Waals surface area contributed by atoms with Crippen LogP contribution in [-0.2, 0) is 4.79 Å². The molecule has 0 aliphatic heterocycles. The van der Waals surface area contributed by atoms with Crippen LogP contribution in [0.15, 0.2) is 57.9 Å². The average molecular weight is 329 g/mol. The highest BCUT2D eigenvalue weighted by atomic mass is 35.5. The lowest BCUT2D eigenvalue weighted by atomic mass is 10.1. The normalized spacial score (nSPS) is 10.7. The molecule has 0 saturated carbocycles. The Morgan fingerprint density at radius 1 is 1.17 bits per heavy atom. The Balaban J connectivity index is 2.02. The average Bonchev–Trinajstić information content (AvgIpc) is 2.54. The van der Waals surface area contributed by atoms with Crippen molar-refractivity contribution in [3.63, 3.8) is 0 Å². The molecule has 3 rings (SSSR count). The minimum absolute atomic E-state index is 0.0153. The van der Waals surface area contributed by atoms with Gasteiger partial charge in [0.2, 0.25) is 0 Å². The highest BCUT2D eigenvalue weighted by molar-refractivity contribution is 6.30. The molecule has 5 heteroatoms. The summed E-state index contributed by atoms with van der Waals surface area (Å²) in [6.45, 7) is 1.43. The Hall–Kier alpha value is -2.59. The third-order valence-electron chi connectivity index (χ3n) is 3.34. The van der Waals surface area contributed by atoms with Crippen LogP contribution < -0.4 is 10.2 Å². The number of hydrogen-bond donors (Lipinski definition) is 0. The van der Waals surface area contributed by atoms with E-state index in [1.807, 2.05) is 0 Å². The molecule has 0 unspecified atom stereocenters. The Morgan fingerprint density at radius 3 is 2.61 bits per heavy atom. The van der Waals surface area contributed by atoms with Gasteiger partial charge < -0.3 is 9.15 Å². The number of Topliss-reactive ketones (excluding diaryl/α,β-unsaturated/α-hetero) is 1. The standard InChI is InChI=1S/C18H13ClO4/c1-11(20)9-22-14-6-7-15-17(8-14)23-10-16(18(15)21)12-2-4-13(19)5-3-12/h2-8,10H,9H2,1H3. The van der Waals surface area contributed by atoms with Gasteiger partial charge in [-0.25, -0.2) is 0 Å². The third-order valence-corrected chi connectivity index (χ3v) is 3.60. The van der Waals surface area contributed by atoms with E-state index in [2.05, 4.69) is 0 Å². The van der Waals surface area contributed by atoms with Crippen molar-refractivity contribution < 1.29 is 13.9 Å². The van der Waals surface area contributed by atoms with Crippen LogP contribution in [0.2, 0.25) is 5.02 Å². The second-order valence-corrected chi connectivity index (χ2v) is 5.57. The predicted octanol–water partition coefficient (Wildman–Crippen LogP) is 4.08. The van der Waals surface area contributed by atoms with E-state index in [9.17, 15) is 9.59 Å². The van der Waals surface area contributed by atoms with E-state index in [1.165, 1.54) is 13.2 Å². The Morgan fingerprint density at radius 2 is 1.91 bits per heavy atom. The number of carbonyl (C=O) groups is 1. The molecule has 0 bridgehead atoms. The number of fused-ring (bicyclic) bond motifs is 1. The zero-order chi connectivity index (χ0) is 16.4. The smallest absolute Gasteiger partial charge is 0.200 e. The summed E-state index contributed by atoms with van der Waals surface area (Å²) in [5, 5.41) is 1.05. The number of hydrogen-bond acceptors (Lipinski definition) is 4. The second kappa shape index (κ2) is 6.26. The van der Waals surface area contributed by atoms with Crippen LogP contribution in [0, 0.1) is 0 Å². The van der Waals surface area contributed by atoms with Gasteiger partial charge in [-0.05, 0) is 36.8 Å². The van der Waals surface area contributed by atoms with Gasteiger partial charge in [0.25, 0.3) is 0 Å². The van der Waals surface area contributed by atoms with Crippen LogP contribution in [0.25, 0.3) is 22.1 Å². The van der Waals surface area contributed by atoms with Crippen LogP contribution in [0.3, 0.4) is 0 Å². The van der Waals surface area contributed by atoms with Crippen molar-refractivity contribution in [2.75, 3.05) is 6.61 Å². The summed E-state index contributed by atoms with van der Waals surface area (Å²) in [5.41, 5.74) is 1.48. The van der Waals surface area contributed by atoms with Gasteiger partial charge in [0, 0.05) is 11.1 Å². The van der Waals surface area contributed by atoms with Gasteiger partial charge in [0.15, 0.2) is 11.2 Å². The number of ketones is 1. The first kappa shape index (κ1) is 15.3. The maximum Gasteiger partial charge on any atom is 0.200 e. The van der Waals surface area contributed by atoms with Crippen molar-refractivity contribution in [3.8, 4) is 16.9 Å². The van der Waals surface area contributed by atoms with Gasteiger partial charge in [-0.15, -0.1) is 0 Å². The van der Waals surface area contributed by atoms with Crippen LogP contribution in [0.1, 0.15) is 6.92 Å². The molecule has 0 radical (unpaired) electrons. The van der Waals surface area contributed by atoms with Gasteiger partial charge >= 0.3 is 0 Å². The zero-order valence-electron chi connectivity index (χ0n) is 12.3. The van der Waals surface area contributed by atoms with E-state index in [0.717, 1.165) is 5.56 Å². The number of ether oxygens (including phenoxy) is 1. The molecule has 4 nitrogen and oxygen atoms in total. The van der Waals surface area contributed by atoms with Crippen molar-refractivity contribution in [2.24, 2.45) is 0 Å². The summed E-state index contributed by atoms with van der Waals surface area (Å²) in [4.78, 5) is 23.6. The molecule has 0 amide bonds. The number of benzene rings is 2. The first-order chi connectivity index (χ1) is 11.0. The SMILES string of the molecule is CC(=O)COc1ccc2c(=O)c(-c3ccc(Cl)cc3)coc2c1. The molecule has 0 aliphatic carbocycles. The first-order valence-corrected chi connectivity index (χ1v) is 7.36. The molecule has 3 aromatic rings. The Labute approximate surface area is 137 Å². The van der Waals surface area contributed by atoms with E-state index in [4.69, 9.17) is 20.8 Å². The molecule has 0 saturated heterocycles. The molecule has 0 spiro atoms. The highest BCUT2D eigenvalue weighted by Crippen LogP contribution is 2.24. The van der Waals surface area contributed by atoms with E-state index < -0.39 is 0 Å². The molecule has 1 aromatic heterocycles. The molecule has 116 valence electrons. The maximum atomic E-state index is 12.6. The van der Waals surface area contributed by atoms with Crippen molar-refractivity contribution in [2.45, 2.75) is 6.92 Å². The van der Waals surface area contributed by atoms with Crippen LogP contribution in [0.4, 0.5) is 0 Å². The lowest BCUT2D eigenvalue weighted by Crippen LogP contribution is -2.07. The zero-order valence-corrected chi connectivity index (χ0v) is 13.1. The largest absolute Gasteiger partial charge is 0.486 e. The second-order valence-electron chi connectivity index (χ2n) is 5.13. The summed E-state index contributed by atoms with van der Waals surface area (Å²) in [6.07, 6.45) is 1.42. The molecule has 0 N–H and O–H groups in total. The lowest BCUT2D eigenvalue weighted by Gasteiger charge is -2.06. The van der Waals surface area contributed by atoms with E-state index in [-0.39, 0.29) is 17.8 Å². The summed E-state index contributed by atoms with van der Waals surface area (Å²) in [5.74, 6) is 0.403.